The number of hydrogen-bond donors (Lipinski definition) is 2. The molecule has 0 radical (unpaired) electrons. The Bertz CT molecular complexity index is 1450. The van der Waals surface area contributed by atoms with E-state index in [0.29, 0.717) is 6.07 Å². The van der Waals surface area contributed by atoms with Crippen molar-refractivity contribution in [3.05, 3.63) is 59.7 Å². The van der Waals surface area contributed by atoms with E-state index in [1.165, 1.54) is 36.4 Å². The summed E-state index contributed by atoms with van der Waals surface area (Å²) in [6.07, 6.45) is 0. The van der Waals surface area contributed by atoms with Gasteiger partial charge >= 0.3 is 0 Å². The first-order chi connectivity index (χ1) is 13.5. The van der Waals surface area contributed by atoms with Crippen molar-refractivity contribution in [2.45, 2.75) is 9.79 Å². The minimum atomic E-state index is -4.85. The summed E-state index contributed by atoms with van der Waals surface area (Å²) in [5.41, 5.74) is 0.0639. The first-order valence-electron chi connectivity index (χ1n) is 7.68. The molecule has 11 heteroatoms. The van der Waals surface area contributed by atoms with Gasteiger partial charge in [0, 0.05) is 5.39 Å². The highest BCUT2D eigenvalue weighted by Gasteiger charge is 2.21. The fraction of sp³-hybridized carbons (Fsp3) is 0. The number of nitrogens with zero attached hydrogens (tertiary/aromatic N) is 2. The first kappa shape index (κ1) is 20.3. The molecule has 0 bridgehead atoms. The van der Waals surface area contributed by atoms with Gasteiger partial charge < -0.3 is 4.74 Å². The van der Waals surface area contributed by atoms with Crippen LogP contribution in [0.3, 0.4) is 0 Å². The second-order valence-corrected chi connectivity index (χ2v) is 8.57. The molecule has 2 N–H and O–H groups in total. The molecule has 0 saturated carbocycles. The molecule has 0 aromatic heterocycles. The molecule has 0 amide bonds. The van der Waals surface area contributed by atoms with Crippen LogP contribution in [-0.4, -0.2) is 25.9 Å². The Morgan fingerprint density at radius 2 is 1.59 bits per heavy atom. The molecule has 0 aliphatic heterocycles. The predicted octanol–water partition coefficient (Wildman–Crippen LogP) is 2.87. The van der Waals surface area contributed by atoms with Gasteiger partial charge in [-0.05, 0) is 41.8 Å². The molecule has 0 unspecified atom stereocenters. The highest BCUT2D eigenvalue weighted by Crippen LogP contribution is 2.33. The van der Waals surface area contributed by atoms with E-state index >= 15 is 0 Å². The van der Waals surface area contributed by atoms with Gasteiger partial charge in [0.2, 0.25) is 0 Å². The Morgan fingerprint density at radius 1 is 0.862 bits per heavy atom. The monoisotopic (exact) mass is 430 g/mol. The molecular weight excluding hydrogens is 420 g/mol. The lowest BCUT2D eigenvalue weighted by Gasteiger charge is -2.11. The molecule has 29 heavy (non-hydrogen) atoms. The molecule has 0 atom stereocenters. The van der Waals surface area contributed by atoms with Crippen molar-refractivity contribution in [3.63, 3.8) is 0 Å². The first-order valence-corrected chi connectivity index (χ1v) is 10.6. The van der Waals surface area contributed by atoms with Crippen LogP contribution in [0.15, 0.2) is 58.3 Å². The summed E-state index contributed by atoms with van der Waals surface area (Å²) in [4.78, 5) is -1.46. The van der Waals surface area contributed by atoms with Crippen LogP contribution in [0.1, 0.15) is 11.1 Å². The molecule has 0 spiro atoms. The minimum absolute atomic E-state index is 0.0215. The fourth-order valence-electron chi connectivity index (χ4n) is 2.65. The van der Waals surface area contributed by atoms with Crippen molar-refractivity contribution in [1.29, 1.82) is 10.5 Å². The number of benzene rings is 3. The number of hydrogen-bond acceptors (Lipinski definition) is 7. The fourth-order valence-corrected chi connectivity index (χ4v) is 4.00. The summed E-state index contributed by atoms with van der Waals surface area (Å²) in [7, 11) is -9.58. The standard InChI is InChI=1S/C18H10N2O7S2/c19-9-12-2-1-3-17(16(12)10-20)27-13-5-4-11-6-14(28(21,22)23)8-18(15(11)7-13)29(24,25)26/h1-8H,(H,21,22,23)(H,24,25,26). The van der Waals surface area contributed by atoms with Crippen LogP contribution >= 0.6 is 0 Å². The average Bonchev–Trinajstić information content (AvgIpc) is 2.65. The highest BCUT2D eigenvalue weighted by atomic mass is 32.2. The van der Waals surface area contributed by atoms with Gasteiger partial charge in [0.1, 0.15) is 34.1 Å². The smallest absolute Gasteiger partial charge is 0.295 e. The molecule has 0 aliphatic carbocycles. The number of ether oxygens (including phenoxy) is 1. The molecule has 3 aromatic rings. The maximum Gasteiger partial charge on any atom is 0.295 e. The molecule has 3 rings (SSSR count). The second kappa shape index (κ2) is 7.16. The van der Waals surface area contributed by atoms with Crippen molar-refractivity contribution < 1.29 is 30.7 Å². The average molecular weight is 430 g/mol. The lowest BCUT2D eigenvalue weighted by atomic mass is 10.1. The van der Waals surface area contributed by atoms with Crippen molar-refractivity contribution in [3.8, 4) is 23.6 Å². The van der Waals surface area contributed by atoms with Crippen molar-refractivity contribution >= 4 is 31.0 Å². The van der Waals surface area contributed by atoms with Crippen LogP contribution in [0.25, 0.3) is 10.8 Å². The lowest BCUT2D eigenvalue weighted by molar-refractivity contribution is 0.480. The van der Waals surface area contributed by atoms with Gasteiger partial charge in [-0.3, -0.25) is 9.11 Å². The zero-order valence-electron chi connectivity index (χ0n) is 14.3. The van der Waals surface area contributed by atoms with E-state index in [0.717, 1.165) is 6.07 Å². The van der Waals surface area contributed by atoms with Crippen molar-refractivity contribution in [1.82, 2.24) is 0 Å². The minimum Gasteiger partial charge on any atom is -0.456 e. The molecule has 0 fully saturated rings. The molecule has 146 valence electrons. The topological polar surface area (TPSA) is 166 Å². The van der Waals surface area contributed by atoms with E-state index in [9.17, 15) is 31.2 Å². The van der Waals surface area contributed by atoms with Crippen molar-refractivity contribution in [2.75, 3.05) is 0 Å². The molecule has 9 nitrogen and oxygen atoms in total. The van der Waals surface area contributed by atoms with Crippen LogP contribution in [0, 0.1) is 22.7 Å². The van der Waals surface area contributed by atoms with E-state index in [1.807, 2.05) is 12.1 Å². The van der Waals surface area contributed by atoms with E-state index in [2.05, 4.69) is 0 Å². The maximum absolute atomic E-state index is 11.7. The Hall–Kier alpha value is -3.48. The summed E-state index contributed by atoms with van der Waals surface area (Å²) < 4.78 is 70.6. The van der Waals surface area contributed by atoms with Crippen LogP contribution in [0.4, 0.5) is 0 Å². The molecule has 0 aliphatic rings. The Morgan fingerprint density at radius 3 is 2.17 bits per heavy atom. The summed E-state index contributed by atoms with van der Waals surface area (Å²) in [6, 6.07) is 13.6. The number of fused-ring (bicyclic) bond motifs is 1. The summed E-state index contributed by atoms with van der Waals surface area (Å²) in [5, 5.41) is 18.4. The van der Waals surface area contributed by atoms with Gasteiger partial charge in [-0.25, -0.2) is 0 Å². The van der Waals surface area contributed by atoms with Gasteiger partial charge in [-0.2, -0.15) is 27.4 Å². The van der Waals surface area contributed by atoms with Gasteiger partial charge in [0.15, 0.2) is 0 Å². The van der Waals surface area contributed by atoms with E-state index in [-0.39, 0.29) is 33.4 Å². The van der Waals surface area contributed by atoms with E-state index in [1.54, 1.807) is 0 Å². The van der Waals surface area contributed by atoms with Crippen LogP contribution < -0.4 is 4.74 Å². The largest absolute Gasteiger partial charge is 0.456 e. The van der Waals surface area contributed by atoms with Crippen LogP contribution in [-0.2, 0) is 20.2 Å². The molecule has 0 saturated heterocycles. The van der Waals surface area contributed by atoms with Gasteiger partial charge in [-0.15, -0.1) is 0 Å². The quantitative estimate of drug-likeness (QED) is 0.592. The van der Waals surface area contributed by atoms with Crippen molar-refractivity contribution in [2.24, 2.45) is 0 Å². The van der Waals surface area contributed by atoms with Crippen LogP contribution in [0.2, 0.25) is 0 Å². The van der Waals surface area contributed by atoms with Gasteiger partial charge in [0.25, 0.3) is 20.2 Å². The normalized spacial score (nSPS) is 11.6. The molecular formula is C18H10N2O7S2. The van der Waals surface area contributed by atoms with E-state index in [4.69, 9.17) is 10.00 Å². The second-order valence-electron chi connectivity index (χ2n) is 5.76. The third kappa shape index (κ3) is 4.03. The van der Waals surface area contributed by atoms with Gasteiger partial charge in [-0.1, -0.05) is 12.1 Å². The predicted molar refractivity (Wildman–Crippen MR) is 99.5 cm³/mol. The zero-order chi connectivity index (χ0) is 21.4. The van der Waals surface area contributed by atoms with Crippen LogP contribution in [0.5, 0.6) is 11.5 Å². The molecule has 0 heterocycles. The summed E-state index contributed by atoms with van der Waals surface area (Å²) in [5.74, 6) is 0.113. The van der Waals surface area contributed by atoms with E-state index < -0.39 is 30.0 Å². The number of nitriles is 2. The number of rotatable bonds is 4. The SMILES string of the molecule is N#Cc1cccc(Oc2ccc3cc(S(=O)(=O)O)cc(S(=O)(=O)O)c3c2)c1C#N. The summed E-state index contributed by atoms with van der Waals surface area (Å²) >= 11 is 0. The zero-order valence-corrected chi connectivity index (χ0v) is 15.9. The third-order valence-electron chi connectivity index (χ3n) is 3.92. The summed E-state index contributed by atoms with van der Waals surface area (Å²) in [6.45, 7) is 0. The highest BCUT2D eigenvalue weighted by molar-refractivity contribution is 7.86. The maximum atomic E-state index is 11.7. The third-order valence-corrected chi connectivity index (χ3v) is 5.65. The Kier molecular flexibility index (Phi) is 5.00. The molecule has 3 aromatic carbocycles. The Balaban J connectivity index is 2.22. The Labute approximate surface area is 165 Å². The lowest BCUT2D eigenvalue weighted by Crippen LogP contribution is -2.04. The van der Waals surface area contributed by atoms with Gasteiger partial charge in [0.05, 0.1) is 10.5 Å².